The van der Waals surface area contributed by atoms with E-state index in [1.54, 1.807) is 11.0 Å². The predicted molar refractivity (Wildman–Crippen MR) is 53.5 cm³/mol. The van der Waals surface area contributed by atoms with Crippen LogP contribution in [0, 0.1) is 0 Å². The van der Waals surface area contributed by atoms with Crippen LogP contribution in [0.15, 0.2) is 12.7 Å². The van der Waals surface area contributed by atoms with Crippen molar-refractivity contribution in [1.82, 2.24) is 4.90 Å². The zero-order valence-corrected chi connectivity index (χ0v) is 8.52. The second kappa shape index (κ2) is 5.38. The Hall–Kier alpha value is -1.52. The summed E-state index contributed by atoms with van der Waals surface area (Å²) >= 11 is 0. The maximum absolute atomic E-state index is 11.3. The van der Waals surface area contributed by atoms with Gasteiger partial charge in [0.2, 0.25) is 0 Å². The lowest BCUT2D eigenvalue weighted by atomic mass is 10.1. The van der Waals surface area contributed by atoms with Crippen LogP contribution < -0.4 is 0 Å². The van der Waals surface area contributed by atoms with Gasteiger partial charge in [-0.1, -0.05) is 6.08 Å². The summed E-state index contributed by atoms with van der Waals surface area (Å²) in [6.07, 6.45) is 2.12. The molecule has 0 spiro atoms. The molecule has 1 N–H and O–H groups in total. The maximum Gasteiger partial charge on any atom is 0.410 e. The third-order valence-corrected chi connectivity index (χ3v) is 2.28. The van der Waals surface area contributed by atoms with Gasteiger partial charge in [0.05, 0.1) is 0 Å². The number of ether oxygens (including phenoxy) is 1. The van der Waals surface area contributed by atoms with E-state index in [9.17, 15) is 9.59 Å². The van der Waals surface area contributed by atoms with E-state index < -0.39 is 5.97 Å². The molecule has 84 valence electrons. The smallest absolute Gasteiger partial charge is 0.410 e. The van der Waals surface area contributed by atoms with E-state index in [1.807, 2.05) is 0 Å². The summed E-state index contributed by atoms with van der Waals surface area (Å²) < 4.78 is 5.08. The van der Waals surface area contributed by atoms with E-state index in [0.29, 0.717) is 25.9 Å². The number of carboxylic acids is 1. The van der Waals surface area contributed by atoms with E-state index in [4.69, 9.17) is 9.84 Å². The van der Waals surface area contributed by atoms with Gasteiger partial charge in [-0.2, -0.15) is 0 Å². The van der Waals surface area contributed by atoms with E-state index in [-0.39, 0.29) is 18.6 Å². The van der Waals surface area contributed by atoms with Gasteiger partial charge in [0.1, 0.15) is 6.10 Å². The Bertz CT molecular complexity index is 264. The van der Waals surface area contributed by atoms with Gasteiger partial charge in [-0.05, 0) is 6.42 Å². The van der Waals surface area contributed by atoms with Gasteiger partial charge in [0.15, 0.2) is 0 Å². The molecule has 0 aliphatic carbocycles. The fourth-order valence-corrected chi connectivity index (χ4v) is 1.48. The summed E-state index contributed by atoms with van der Waals surface area (Å²) in [5, 5.41) is 8.48. The summed E-state index contributed by atoms with van der Waals surface area (Å²) in [7, 11) is 0. The summed E-state index contributed by atoms with van der Waals surface area (Å²) in [6, 6.07) is 0. The highest BCUT2D eigenvalue weighted by Gasteiger charge is 2.26. The van der Waals surface area contributed by atoms with Crippen LogP contribution in [-0.2, 0) is 9.53 Å². The van der Waals surface area contributed by atoms with Gasteiger partial charge in [0, 0.05) is 25.9 Å². The minimum Gasteiger partial charge on any atom is -0.481 e. The molecular weight excluding hydrogens is 198 g/mol. The van der Waals surface area contributed by atoms with Gasteiger partial charge in [-0.25, -0.2) is 4.79 Å². The molecule has 1 heterocycles. The molecule has 15 heavy (non-hydrogen) atoms. The highest BCUT2D eigenvalue weighted by atomic mass is 16.6. The van der Waals surface area contributed by atoms with Gasteiger partial charge in [-0.15, -0.1) is 6.58 Å². The van der Waals surface area contributed by atoms with Crippen LogP contribution in [0.1, 0.15) is 19.3 Å². The van der Waals surface area contributed by atoms with Crippen molar-refractivity contribution in [2.24, 2.45) is 0 Å². The molecule has 1 rings (SSSR count). The molecule has 1 aliphatic rings. The number of cyclic esters (lactones) is 1. The van der Waals surface area contributed by atoms with Crippen LogP contribution in [0.2, 0.25) is 0 Å². The normalized spacial score (nSPS) is 20.9. The van der Waals surface area contributed by atoms with E-state index in [1.165, 1.54) is 0 Å². The number of carbonyl (C=O) groups is 2. The molecule has 0 bridgehead atoms. The molecule has 5 nitrogen and oxygen atoms in total. The van der Waals surface area contributed by atoms with Crippen molar-refractivity contribution in [3.63, 3.8) is 0 Å². The number of carbonyl (C=O) groups excluding carboxylic acids is 1. The van der Waals surface area contributed by atoms with E-state index in [2.05, 4.69) is 6.58 Å². The summed E-state index contributed by atoms with van der Waals surface area (Å²) in [5.74, 6) is -0.862. The van der Waals surface area contributed by atoms with Crippen molar-refractivity contribution in [1.29, 1.82) is 0 Å². The lowest BCUT2D eigenvalue weighted by molar-refractivity contribution is -0.137. The molecule has 1 atom stereocenters. The second-order valence-corrected chi connectivity index (χ2v) is 3.46. The van der Waals surface area contributed by atoms with Crippen LogP contribution in [0.5, 0.6) is 0 Å². The zero-order valence-electron chi connectivity index (χ0n) is 8.52. The van der Waals surface area contributed by atoms with Gasteiger partial charge in [0.25, 0.3) is 0 Å². The fraction of sp³-hybridized carbons (Fsp3) is 0.600. The number of rotatable bonds is 5. The summed E-state index contributed by atoms with van der Waals surface area (Å²) in [4.78, 5) is 23.2. The highest BCUT2D eigenvalue weighted by Crippen LogP contribution is 2.15. The molecule has 0 aromatic rings. The van der Waals surface area contributed by atoms with Gasteiger partial charge < -0.3 is 14.7 Å². The van der Waals surface area contributed by atoms with Crippen molar-refractivity contribution in [3.8, 4) is 0 Å². The Balaban J connectivity index is 2.33. The average Bonchev–Trinajstić information content (AvgIpc) is 2.19. The Morgan fingerprint density at radius 2 is 2.47 bits per heavy atom. The van der Waals surface area contributed by atoms with Crippen LogP contribution in [-0.4, -0.2) is 41.3 Å². The first kappa shape index (κ1) is 11.6. The minimum absolute atomic E-state index is 0.0411. The number of nitrogens with zero attached hydrogens (tertiary/aromatic N) is 1. The quantitative estimate of drug-likeness (QED) is 0.698. The number of hydrogen-bond donors (Lipinski definition) is 1. The molecule has 0 saturated carbocycles. The maximum atomic E-state index is 11.3. The second-order valence-electron chi connectivity index (χ2n) is 3.46. The van der Waals surface area contributed by atoms with Crippen molar-refractivity contribution in [2.75, 3.05) is 13.1 Å². The first-order chi connectivity index (χ1) is 7.13. The molecule has 0 aromatic carbocycles. The van der Waals surface area contributed by atoms with E-state index in [0.717, 1.165) is 0 Å². The SMILES string of the molecule is C=CCN1CCC(CCC(=O)O)OC1=O. The molecule has 1 fully saturated rings. The largest absolute Gasteiger partial charge is 0.481 e. The number of aliphatic carboxylic acids is 1. The molecule has 1 unspecified atom stereocenters. The van der Waals surface area contributed by atoms with Crippen LogP contribution in [0.25, 0.3) is 0 Å². The lowest BCUT2D eigenvalue weighted by Gasteiger charge is -2.30. The fourth-order valence-electron chi connectivity index (χ4n) is 1.48. The highest BCUT2D eigenvalue weighted by molar-refractivity contribution is 5.69. The molecule has 0 radical (unpaired) electrons. The van der Waals surface area contributed by atoms with Crippen molar-refractivity contribution < 1.29 is 19.4 Å². The monoisotopic (exact) mass is 213 g/mol. The summed E-state index contributed by atoms with van der Waals surface area (Å²) in [5.41, 5.74) is 0. The molecular formula is C10H15NO4. The van der Waals surface area contributed by atoms with E-state index >= 15 is 0 Å². The standard InChI is InChI=1S/C10H15NO4/c1-2-6-11-7-5-8(15-10(11)14)3-4-9(12)13/h2,8H,1,3-7H2,(H,12,13). The van der Waals surface area contributed by atoms with Crippen LogP contribution in [0.4, 0.5) is 4.79 Å². The first-order valence-electron chi connectivity index (χ1n) is 4.91. The van der Waals surface area contributed by atoms with Gasteiger partial charge >= 0.3 is 12.1 Å². The third-order valence-electron chi connectivity index (χ3n) is 2.28. The zero-order chi connectivity index (χ0) is 11.3. The van der Waals surface area contributed by atoms with Crippen LogP contribution >= 0.6 is 0 Å². The Morgan fingerprint density at radius 3 is 3.00 bits per heavy atom. The van der Waals surface area contributed by atoms with Crippen LogP contribution in [0.3, 0.4) is 0 Å². The average molecular weight is 213 g/mol. The van der Waals surface area contributed by atoms with Crippen molar-refractivity contribution >= 4 is 12.1 Å². The topological polar surface area (TPSA) is 66.8 Å². The van der Waals surface area contributed by atoms with Crippen molar-refractivity contribution in [2.45, 2.75) is 25.4 Å². The predicted octanol–water partition coefficient (Wildman–Crippen LogP) is 1.25. The number of amides is 1. The summed E-state index contributed by atoms with van der Waals surface area (Å²) in [6.45, 7) is 4.62. The molecule has 0 aromatic heterocycles. The molecule has 1 aliphatic heterocycles. The Morgan fingerprint density at radius 1 is 1.73 bits per heavy atom. The first-order valence-corrected chi connectivity index (χ1v) is 4.91. The van der Waals surface area contributed by atoms with Gasteiger partial charge in [-0.3, -0.25) is 4.79 Å². The number of carboxylic acid groups (broad SMARTS) is 1. The third kappa shape index (κ3) is 3.61. The molecule has 5 heteroatoms. The number of hydrogen-bond acceptors (Lipinski definition) is 3. The molecule has 1 saturated heterocycles. The molecule has 1 amide bonds. The Labute approximate surface area is 88.3 Å². The van der Waals surface area contributed by atoms with Crippen molar-refractivity contribution in [3.05, 3.63) is 12.7 Å². The Kier molecular flexibility index (Phi) is 4.15. The lowest BCUT2D eigenvalue weighted by Crippen LogP contribution is -2.42. The minimum atomic E-state index is -0.862.